The van der Waals surface area contributed by atoms with Gasteiger partial charge in [-0.1, -0.05) is 11.6 Å². The van der Waals surface area contributed by atoms with Gasteiger partial charge < -0.3 is 0 Å². The number of hydrogen-bond donors (Lipinski definition) is 1. The molecule has 5 nitrogen and oxygen atoms in total. The second-order valence-corrected chi connectivity index (χ2v) is 6.58. The van der Waals surface area contributed by atoms with Gasteiger partial charge in [0.1, 0.15) is 0 Å². The molecule has 1 aliphatic heterocycles. The Hall–Kier alpha value is -1.08. The van der Waals surface area contributed by atoms with E-state index in [4.69, 9.17) is 28.0 Å². The van der Waals surface area contributed by atoms with Crippen LogP contribution in [0.25, 0.3) is 5.70 Å². The Balaban J connectivity index is 2.77. The first-order chi connectivity index (χ1) is 8.82. The molecule has 102 valence electrons. The van der Waals surface area contributed by atoms with Crippen LogP contribution < -0.4 is 5.48 Å². The number of halogens is 2. The third-order valence-electron chi connectivity index (χ3n) is 2.54. The van der Waals surface area contributed by atoms with Crippen molar-refractivity contribution in [2.45, 2.75) is 4.90 Å². The molecule has 1 N–H and O–H groups in total. The average Bonchev–Trinajstić information content (AvgIpc) is 2.79. The zero-order valence-corrected chi connectivity index (χ0v) is 12.1. The maximum atomic E-state index is 11.8. The lowest BCUT2D eigenvalue weighted by Crippen LogP contribution is -2.11. The molecule has 2 rings (SSSR count). The predicted octanol–water partition coefficient (Wildman–Crippen LogP) is 2.00. The smallest absolute Gasteiger partial charge is 0.253 e. The van der Waals surface area contributed by atoms with Crippen LogP contribution in [-0.4, -0.2) is 26.5 Å². The van der Waals surface area contributed by atoms with Crippen LogP contribution in [-0.2, 0) is 14.7 Å². The van der Waals surface area contributed by atoms with Crippen molar-refractivity contribution in [1.82, 2.24) is 5.48 Å². The summed E-state index contributed by atoms with van der Waals surface area (Å²) in [6.07, 6.45) is 2.68. The number of rotatable bonds is 3. The Labute approximate surface area is 120 Å². The highest BCUT2D eigenvalue weighted by Crippen LogP contribution is 2.34. The highest BCUT2D eigenvalue weighted by molar-refractivity contribution is 7.90. The molecule has 0 radical (unpaired) electrons. The van der Waals surface area contributed by atoms with E-state index < -0.39 is 15.1 Å². The van der Waals surface area contributed by atoms with Crippen LogP contribution in [0.1, 0.15) is 15.9 Å². The molecular weight excluding hydrogens is 313 g/mol. The summed E-state index contributed by atoms with van der Waals surface area (Å²) in [6.45, 7) is 0.272. The van der Waals surface area contributed by atoms with Crippen LogP contribution in [0, 0.1) is 0 Å². The van der Waals surface area contributed by atoms with Crippen LogP contribution in [0.3, 0.4) is 0 Å². The van der Waals surface area contributed by atoms with Gasteiger partial charge in [0.2, 0.25) is 0 Å². The number of carbonyl (C=O) groups is 1. The lowest BCUT2D eigenvalue weighted by molar-refractivity contribution is 0.108. The van der Waals surface area contributed by atoms with Crippen molar-refractivity contribution in [2.75, 3.05) is 12.9 Å². The quantitative estimate of drug-likeness (QED) is 0.862. The number of hydrogen-bond acceptors (Lipinski definition) is 5. The van der Waals surface area contributed by atoms with E-state index in [1.165, 1.54) is 12.1 Å². The fourth-order valence-corrected chi connectivity index (χ4v) is 3.22. The molecule has 1 aliphatic rings. The lowest BCUT2D eigenvalue weighted by atomic mass is 10.1. The summed E-state index contributed by atoms with van der Waals surface area (Å²) < 4.78 is 23.5. The Bertz CT molecular complexity index is 682. The third kappa shape index (κ3) is 2.76. The Kier molecular flexibility index (Phi) is 3.87. The standard InChI is InChI=1S/C11H9Cl2NO4S/c1-19(16,17)8-3-2-6(11(13)15)10(12)9(8)7-4-5-18-14-7/h2-4,14H,5H2,1H3. The van der Waals surface area contributed by atoms with Crippen LogP contribution in [0.4, 0.5) is 0 Å². The van der Waals surface area contributed by atoms with Crippen molar-refractivity contribution in [3.63, 3.8) is 0 Å². The molecule has 1 aromatic rings. The van der Waals surface area contributed by atoms with Gasteiger partial charge in [-0.25, -0.2) is 8.42 Å². The molecule has 0 amide bonds. The van der Waals surface area contributed by atoms with Gasteiger partial charge in [0.15, 0.2) is 9.84 Å². The molecule has 1 aromatic carbocycles. The SMILES string of the molecule is CS(=O)(=O)c1ccc(C(=O)Cl)c(Cl)c1C1=CCON1. The average molecular weight is 322 g/mol. The summed E-state index contributed by atoms with van der Waals surface area (Å²) >= 11 is 11.5. The summed E-state index contributed by atoms with van der Waals surface area (Å²) in [5, 5.41) is -0.780. The third-order valence-corrected chi connectivity index (χ3v) is 4.27. The van der Waals surface area contributed by atoms with Crippen molar-refractivity contribution in [2.24, 2.45) is 0 Å². The minimum Gasteiger partial charge on any atom is -0.276 e. The Morgan fingerprint density at radius 3 is 2.58 bits per heavy atom. The van der Waals surface area contributed by atoms with Gasteiger partial charge in [0, 0.05) is 11.8 Å². The number of carbonyl (C=O) groups excluding carboxylic acids is 1. The molecule has 0 fully saturated rings. The van der Waals surface area contributed by atoms with E-state index in [1.54, 1.807) is 6.08 Å². The van der Waals surface area contributed by atoms with Gasteiger partial charge in [-0.3, -0.25) is 15.1 Å². The van der Waals surface area contributed by atoms with Crippen LogP contribution in [0.15, 0.2) is 23.1 Å². The first kappa shape index (κ1) is 14.3. The van der Waals surface area contributed by atoms with E-state index in [0.717, 1.165) is 6.26 Å². The topological polar surface area (TPSA) is 72.5 Å². The van der Waals surface area contributed by atoms with E-state index in [1.807, 2.05) is 0 Å². The molecule has 0 aromatic heterocycles. The highest BCUT2D eigenvalue weighted by Gasteiger charge is 2.24. The number of benzene rings is 1. The summed E-state index contributed by atoms with van der Waals surface area (Å²) in [5.74, 6) is 0. The molecule has 0 unspecified atom stereocenters. The van der Waals surface area contributed by atoms with Crippen LogP contribution in [0.2, 0.25) is 5.02 Å². The zero-order valence-electron chi connectivity index (χ0n) is 9.74. The molecule has 19 heavy (non-hydrogen) atoms. The molecular formula is C11H9Cl2NO4S. The van der Waals surface area contributed by atoms with Gasteiger partial charge in [0.25, 0.3) is 5.24 Å². The van der Waals surface area contributed by atoms with E-state index >= 15 is 0 Å². The molecule has 0 saturated carbocycles. The normalized spacial score (nSPS) is 15.0. The summed E-state index contributed by atoms with van der Waals surface area (Å²) in [7, 11) is -3.51. The van der Waals surface area contributed by atoms with E-state index in [-0.39, 0.29) is 27.7 Å². The van der Waals surface area contributed by atoms with Crippen molar-refractivity contribution in [1.29, 1.82) is 0 Å². The summed E-state index contributed by atoms with van der Waals surface area (Å²) in [5.41, 5.74) is 3.17. The van der Waals surface area contributed by atoms with Gasteiger partial charge in [0.05, 0.1) is 27.8 Å². The molecule has 0 aliphatic carbocycles. The maximum absolute atomic E-state index is 11.8. The van der Waals surface area contributed by atoms with E-state index in [2.05, 4.69) is 5.48 Å². The Morgan fingerprint density at radius 1 is 1.42 bits per heavy atom. The number of sulfone groups is 1. The largest absolute Gasteiger partial charge is 0.276 e. The van der Waals surface area contributed by atoms with Crippen molar-refractivity contribution in [3.05, 3.63) is 34.4 Å². The van der Waals surface area contributed by atoms with Crippen LogP contribution in [0.5, 0.6) is 0 Å². The molecule has 0 saturated heterocycles. The molecule has 0 atom stereocenters. The molecule has 0 spiro atoms. The first-order valence-corrected chi connectivity index (χ1v) is 7.78. The van der Waals surface area contributed by atoms with Crippen molar-refractivity contribution < 1.29 is 18.0 Å². The molecule has 1 heterocycles. The molecule has 8 heteroatoms. The number of nitrogens with one attached hydrogen (secondary N) is 1. The predicted molar refractivity (Wildman–Crippen MR) is 71.8 cm³/mol. The second kappa shape index (κ2) is 5.13. The second-order valence-electron chi connectivity index (χ2n) is 3.88. The summed E-state index contributed by atoms with van der Waals surface area (Å²) in [6, 6.07) is 2.58. The maximum Gasteiger partial charge on any atom is 0.253 e. The fraction of sp³-hybridized carbons (Fsp3) is 0.182. The minimum absolute atomic E-state index is 0.00316. The van der Waals surface area contributed by atoms with Gasteiger partial charge in [-0.15, -0.1) is 0 Å². The zero-order chi connectivity index (χ0) is 14.2. The highest BCUT2D eigenvalue weighted by atomic mass is 35.5. The van der Waals surface area contributed by atoms with Gasteiger partial charge in [-0.2, -0.15) is 0 Å². The fourth-order valence-electron chi connectivity index (χ4n) is 1.71. The lowest BCUT2D eigenvalue weighted by Gasteiger charge is -2.13. The first-order valence-electron chi connectivity index (χ1n) is 5.13. The number of hydroxylamine groups is 1. The van der Waals surface area contributed by atoms with E-state index in [9.17, 15) is 13.2 Å². The molecule has 0 bridgehead atoms. The van der Waals surface area contributed by atoms with Gasteiger partial charge >= 0.3 is 0 Å². The van der Waals surface area contributed by atoms with Crippen molar-refractivity contribution >= 4 is 44.0 Å². The minimum atomic E-state index is -3.51. The van der Waals surface area contributed by atoms with E-state index in [0.29, 0.717) is 5.70 Å². The monoisotopic (exact) mass is 321 g/mol. The summed E-state index contributed by atoms with van der Waals surface area (Å²) in [4.78, 5) is 16.2. The van der Waals surface area contributed by atoms with Gasteiger partial charge in [-0.05, 0) is 29.8 Å². The van der Waals surface area contributed by atoms with Crippen LogP contribution >= 0.6 is 23.2 Å². The Morgan fingerprint density at radius 2 is 2.11 bits per heavy atom. The van der Waals surface area contributed by atoms with Crippen molar-refractivity contribution in [3.8, 4) is 0 Å².